The molecule has 790 valence electrons. The average Bonchev–Trinajstić information content (AvgIpc) is 0.740. The lowest BCUT2D eigenvalue weighted by Crippen LogP contribution is -2.68. The van der Waals surface area contributed by atoms with E-state index in [4.69, 9.17) is 131 Å². The van der Waals surface area contributed by atoms with Crippen LogP contribution < -0.4 is 34.0 Å². The van der Waals surface area contributed by atoms with Gasteiger partial charge in [0, 0.05) is 61.5 Å². The van der Waals surface area contributed by atoms with Gasteiger partial charge in [0.25, 0.3) is 10.1 Å². The zero-order valence-corrected chi connectivity index (χ0v) is 102. The third kappa shape index (κ3) is 35.8. The monoisotopic (exact) mass is 2250 g/mol. The Labute approximate surface area is 881 Å². The molecule has 8 N–H and O–H groups in total. The Balaban J connectivity index is 0.000000260. The normalized spacial score (nSPS) is 24.7. The number of aliphatic hydroxyl groups is 3. The third-order valence-electron chi connectivity index (χ3n) is 22.0. The van der Waals surface area contributed by atoms with Crippen LogP contribution in [0.3, 0.4) is 0 Å². The van der Waals surface area contributed by atoms with Crippen LogP contribution in [0.15, 0.2) is 157 Å². The molecule has 18 atom stereocenters. The minimum Gasteiger partial charge on any atom is -0.494 e. The van der Waals surface area contributed by atoms with Gasteiger partial charge in [-0.15, -0.1) is 14.7 Å². The van der Waals surface area contributed by atoms with E-state index in [2.05, 4.69) is 198 Å². The quantitative estimate of drug-likeness (QED) is 0.00423. The predicted octanol–water partition coefficient (Wildman–Crippen LogP) is 21.5. The molecule has 3 heterocycles. The summed E-state index contributed by atoms with van der Waals surface area (Å²) >= 11 is 33.5. The van der Waals surface area contributed by atoms with Crippen LogP contribution in [-0.4, -0.2) is 204 Å². The first-order chi connectivity index (χ1) is 65.4. The molecule has 7 aromatic carbocycles. The van der Waals surface area contributed by atoms with Gasteiger partial charge in [-0.05, 0) is 286 Å². The van der Waals surface area contributed by atoms with Crippen molar-refractivity contribution in [1.29, 1.82) is 0 Å². The molecular formula is C96H153Cl3N4O25S5Si8. The fraction of sp³-hybridized carbons (Fsp3) is 0.562. The zero-order valence-electron chi connectivity index (χ0n) is 87.0. The summed E-state index contributed by atoms with van der Waals surface area (Å²) in [5.74, 6) is -4.22. The van der Waals surface area contributed by atoms with Gasteiger partial charge in [0.2, 0.25) is 17.4 Å². The van der Waals surface area contributed by atoms with Gasteiger partial charge in [0.05, 0.1) is 75.1 Å². The first-order valence-corrected chi connectivity index (χ1v) is 79.2. The van der Waals surface area contributed by atoms with Crippen molar-refractivity contribution in [1.82, 2.24) is 14.7 Å². The summed E-state index contributed by atoms with van der Waals surface area (Å²) in [4.78, 5) is 24.9. The fourth-order valence-corrected chi connectivity index (χ4v) is 25.8. The Morgan fingerprint density at radius 1 is 0.411 bits per heavy atom. The fourth-order valence-electron chi connectivity index (χ4n) is 16.1. The minimum absolute atomic E-state index is 0.00437. The number of thiol groups is 3. The maximum Gasteiger partial charge on any atom is 0.297 e. The van der Waals surface area contributed by atoms with Crippen molar-refractivity contribution in [2.75, 3.05) is 46.8 Å². The van der Waals surface area contributed by atoms with Crippen molar-refractivity contribution < 1.29 is 115 Å². The van der Waals surface area contributed by atoms with E-state index in [1.165, 1.54) is 12.1 Å². The second kappa shape index (κ2) is 52.3. The number of rotatable bonds is 46. The highest BCUT2D eigenvalue weighted by atomic mass is 35.5. The second-order valence-electron chi connectivity index (χ2n) is 42.7. The lowest BCUT2D eigenvalue weighted by molar-refractivity contribution is -0.373. The van der Waals surface area contributed by atoms with Crippen LogP contribution in [0.1, 0.15) is 102 Å². The van der Waals surface area contributed by atoms with Gasteiger partial charge < -0.3 is 83.9 Å². The van der Waals surface area contributed by atoms with E-state index >= 15 is 0 Å². The first kappa shape index (κ1) is 123. The summed E-state index contributed by atoms with van der Waals surface area (Å²) in [5, 5.41) is 45.1. The minimum atomic E-state index is -4.29. The van der Waals surface area contributed by atoms with Crippen LogP contribution in [-0.2, 0) is 105 Å². The van der Waals surface area contributed by atoms with Crippen molar-refractivity contribution in [3.05, 3.63) is 222 Å². The van der Waals surface area contributed by atoms with E-state index in [1.54, 1.807) is 98.1 Å². The second-order valence-corrected chi connectivity index (χ2v) is 82.3. The molecule has 0 amide bonds. The molecule has 0 aromatic heterocycles. The largest absolute Gasteiger partial charge is 0.494 e. The van der Waals surface area contributed by atoms with Crippen LogP contribution in [0.25, 0.3) is 0 Å². The molecule has 45 heteroatoms. The number of hydrogen-bond acceptors (Lipinski definition) is 33. The molecule has 141 heavy (non-hydrogen) atoms. The highest BCUT2D eigenvalue weighted by molar-refractivity contribution is 7.92. The standard InChI is InChI=1S/C38H57ClO9SSi3.C30H51ClN2O8S2Si3.C28H45ClN2O8S2Si2/c1-13-43-30-19-16-28(17-20-30)36(46-49(41,42)31-21-14-26(2)15-22-31)32-24-29(18-23-33(32)39)38(40)37(48-52(10,11)12)35(47-51(7,8)9)27(3)34(45-38)25-44-50(4,5)6;1-11-35-22-15-12-20(13-16-22)26(40-45(5,6)7)23-18-21(14-17-24(23)31)30(34)29(38-33-42)28(41-46(8,9)10)27(39-43-32)25(37-30)19-36-44(2,3)4;1-9-34-20-13-10-18(11-14-20)24(33-2)21-16-19(12-15-22(21)29)28(32)27(38-31-41)26(37-30-40)25(39-43(6,7)8)23(36-28)17-35-42(3,4)5/h14-24,27,34-37,40H,13,25H2,1-12H3;12-18,25-29,33-34,42H,11,19,32H2,1-10H3;10-16,23-27,30-32,40-41H,9,17H2,1-8H3/t27-,34-,35+,36?,37-,38+;25-,26?,27-,28+,29-,30+;23-,24?,25-,26+,27-,28+/m111/s1. The Hall–Kier alpha value is -3.06. The van der Waals surface area contributed by atoms with E-state index in [0.717, 1.165) is 28.2 Å². The van der Waals surface area contributed by atoms with Crippen LogP contribution in [0.4, 0.5) is 0 Å². The van der Waals surface area contributed by atoms with E-state index in [1.807, 2.05) is 95.9 Å². The summed E-state index contributed by atoms with van der Waals surface area (Å²) in [6.07, 6.45) is -11.3. The molecule has 0 radical (unpaired) electrons. The summed E-state index contributed by atoms with van der Waals surface area (Å²) in [5.41, 5.74) is 5.82. The van der Waals surface area contributed by atoms with E-state index in [0.29, 0.717) is 86.8 Å². The average molecular weight is 2250 g/mol. The van der Waals surface area contributed by atoms with Crippen molar-refractivity contribution in [3.8, 4) is 17.2 Å². The highest BCUT2D eigenvalue weighted by Crippen LogP contribution is 2.51. The molecule has 3 unspecified atom stereocenters. The number of ether oxygens (including phenoxy) is 7. The molecule has 3 aliphatic heterocycles. The molecule has 0 bridgehead atoms. The molecule has 0 spiro atoms. The van der Waals surface area contributed by atoms with Crippen LogP contribution in [0, 0.1) is 12.8 Å². The van der Waals surface area contributed by atoms with Crippen molar-refractivity contribution >= 4 is 162 Å². The Bertz CT molecular complexity index is 5190. The molecule has 0 saturated carbocycles. The molecule has 3 aliphatic rings. The molecule has 3 saturated heterocycles. The number of nitrogens with one attached hydrogen (secondary N) is 3. The number of methoxy groups -OCH3 is 1. The topological polar surface area (TPSA) is 342 Å². The summed E-state index contributed by atoms with van der Waals surface area (Å²) in [6, 6.07) is 44.1. The maximum absolute atomic E-state index is 13.8. The van der Waals surface area contributed by atoms with Gasteiger partial charge in [-0.2, -0.15) is 8.42 Å². The first-order valence-electron chi connectivity index (χ1n) is 47.2. The van der Waals surface area contributed by atoms with Gasteiger partial charge >= 0.3 is 0 Å². The molecule has 7 aromatic rings. The summed E-state index contributed by atoms with van der Waals surface area (Å²) < 4.78 is 135. The lowest BCUT2D eigenvalue weighted by Gasteiger charge is -2.53. The number of halogens is 3. The number of nitrogens with two attached hydrogens (primary N) is 1. The number of benzene rings is 7. The smallest absolute Gasteiger partial charge is 0.297 e. The molecule has 29 nitrogen and oxygen atoms in total. The SMILES string of the molecule is CCOc1ccc(C(OC)c2cc([C@]3(O)O[C@H](CO[Si](C)(C)C)[C@@H](O[Si](C)(C)C)[C@H](ONS)[C@H]3ONS)ccc2Cl)cc1.CCOc1ccc(C(OS(=O)(=O)c2ccc(C)cc2)c2cc([C@]3(O)O[C@H](CO[Si](C)(C)C)[C@@H](C)[C@H](O[Si](C)(C)C)[C@H]3O[Si](C)(C)C)ccc2Cl)cc1.CCOc1ccc(C(O[Si](C)(C)C)c2cc([C@]3(O)O[C@H](CO[Si](C)(C)C)[C@@H](OSN)[C@H](O[Si](C)(C)C)[C@H]3ONS)ccc2Cl)cc1. The zero-order chi connectivity index (χ0) is 105. The van der Waals surface area contributed by atoms with Crippen LogP contribution >= 0.6 is 85.5 Å². The van der Waals surface area contributed by atoms with Gasteiger partial charge in [0.1, 0.15) is 72.2 Å². The van der Waals surface area contributed by atoms with E-state index < -0.39 is 179 Å². The molecular weight excluding hydrogens is 2100 g/mol. The van der Waals surface area contributed by atoms with Crippen molar-refractivity contribution in [2.45, 2.75) is 299 Å². The third-order valence-corrected chi connectivity index (χ3v) is 33.0. The molecule has 10 rings (SSSR count). The molecule has 3 fully saturated rings. The Morgan fingerprint density at radius 2 is 0.745 bits per heavy atom. The van der Waals surface area contributed by atoms with Gasteiger partial charge in [0.15, 0.2) is 78.7 Å². The van der Waals surface area contributed by atoms with Gasteiger partial charge in [-0.25, -0.2) is 0 Å². The van der Waals surface area contributed by atoms with Crippen LogP contribution in [0.5, 0.6) is 17.2 Å². The maximum atomic E-state index is 13.8. The Kier molecular flexibility index (Phi) is 45.7. The van der Waals surface area contributed by atoms with E-state index in [9.17, 15) is 23.7 Å². The van der Waals surface area contributed by atoms with Gasteiger partial charge in [-0.1, -0.05) is 152 Å². The summed E-state index contributed by atoms with van der Waals surface area (Å²) in [7, 11) is -19.8. The van der Waals surface area contributed by atoms with Crippen molar-refractivity contribution in [3.63, 3.8) is 0 Å². The summed E-state index contributed by atoms with van der Waals surface area (Å²) in [6.45, 7) is 61.8. The number of hydrogen-bond donors (Lipinski definition) is 10. The molecule has 0 aliphatic carbocycles. The number of aryl methyl sites for hydroxylation is 1. The van der Waals surface area contributed by atoms with E-state index in [-0.39, 0.29) is 35.7 Å². The Morgan fingerprint density at radius 3 is 1.11 bits per heavy atom. The highest BCUT2D eigenvalue weighted by Gasteiger charge is 2.62. The van der Waals surface area contributed by atoms with Crippen molar-refractivity contribution in [2.24, 2.45) is 11.1 Å². The van der Waals surface area contributed by atoms with Crippen LogP contribution in [0.2, 0.25) is 172 Å². The lowest BCUT2D eigenvalue weighted by atomic mass is 9.83. The van der Waals surface area contributed by atoms with Gasteiger partial charge in [-0.3, -0.25) is 28.0 Å². The predicted molar refractivity (Wildman–Crippen MR) is 587 cm³/mol.